The van der Waals surface area contributed by atoms with Gasteiger partial charge in [-0.05, 0) is 32.3 Å². The van der Waals surface area contributed by atoms with Gasteiger partial charge in [0.15, 0.2) is 11.5 Å². The summed E-state index contributed by atoms with van der Waals surface area (Å²) >= 11 is 0. The molecule has 2 rings (SSSR count). The van der Waals surface area contributed by atoms with Crippen molar-refractivity contribution in [2.75, 3.05) is 20.3 Å². The van der Waals surface area contributed by atoms with Crippen molar-refractivity contribution >= 4 is 11.7 Å². The fourth-order valence-corrected chi connectivity index (χ4v) is 3.42. The Hall–Kier alpha value is -2.34. The Balaban J connectivity index is 2.39. The number of carbonyl (C=O) groups is 2. The number of benzene rings is 1. The lowest BCUT2D eigenvalue weighted by Crippen LogP contribution is -2.33. The van der Waals surface area contributed by atoms with Gasteiger partial charge in [0.2, 0.25) is 0 Å². The van der Waals surface area contributed by atoms with E-state index in [0.717, 1.165) is 0 Å². The normalized spacial score (nSPS) is 17.2. The highest BCUT2D eigenvalue weighted by molar-refractivity contribution is 6.09. The van der Waals surface area contributed by atoms with Crippen molar-refractivity contribution in [2.24, 2.45) is 5.92 Å². The quantitative estimate of drug-likeness (QED) is 0.616. The first-order valence-corrected chi connectivity index (χ1v) is 9.79. The number of hydrogen-bond donors (Lipinski definition) is 1. The van der Waals surface area contributed by atoms with Gasteiger partial charge in [-0.15, -0.1) is 0 Å². The number of ether oxygens (including phenoxy) is 2. The number of nitrogens with zero attached hydrogens (tertiary/aromatic N) is 1. The molecule has 154 valence electrons. The van der Waals surface area contributed by atoms with E-state index in [1.807, 2.05) is 45.9 Å². The molecular weight excluding hydrogens is 358 g/mol. The summed E-state index contributed by atoms with van der Waals surface area (Å²) in [6, 6.07) is 6.63. The van der Waals surface area contributed by atoms with Crippen LogP contribution in [0.1, 0.15) is 52.1 Å². The largest absolute Gasteiger partial charge is 0.503 e. The number of Topliss-reactive ketones (excluding diaryl/α,β-unsaturated/α-hetero) is 1. The van der Waals surface area contributed by atoms with E-state index >= 15 is 0 Å². The number of aliphatic hydroxyl groups is 1. The van der Waals surface area contributed by atoms with Crippen molar-refractivity contribution in [1.82, 2.24) is 4.90 Å². The van der Waals surface area contributed by atoms with Gasteiger partial charge in [-0.25, -0.2) is 0 Å². The van der Waals surface area contributed by atoms with E-state index in [4.69, 9.17) is 9.47 Å². The summed E-state index contributed by atoms with van der Waals surface area (Å²) in [4.78, 5) is 27.2. The summed E-state index contributed by atoms with van der Waals surface area (Å²) in [5.74, 6) is -0.487. The van der Waals surface area contributed by atoms with Crippen LogP contribution >= 0.6 is 0 Å². The number of ketones is 1. The molecule has 1 N–H and O–H groups in total. The fraction of sp³-hybridized carbons (Fsp3) is 0.545. The lowest BCUT2D eigenvalue weighted by Gasteiger charge is -2.28. The SMILES string of the molecule is COc1ccccc1C1C(C(=O)CC(C)C)=C(O)C(=O)N1CCCOC(C)C. The van der Waals surface area contributed by atoms with Gasteiger partial charge in [0, 0.05) is 25.1 Å². The molecule has 1 atom stereocenters. The summed E-state index contributed by atoms with van der Waals surface area (Å²) < 4.78 is 11.0. The highest BCUT2D eigenvalue weighted by Crippen LogP contribution is 2.42. The van der Waals surface area contributed by atoms with Gasteiger partial charge < -0.3 is 19.5 Å². The maximum atomic E-state index is 12.9. The van der Waals surface area contributed by atoms with Crippen LogP contribution in [0.2, 0.25) is 0 Å². The Morgan fingerprint density at radius 1 is 1.21 bits per heavy atom. The number of methoxy groups -OCH3 is 1. The topological polar surface area (TPSA) is 76.1 Å². The lowest BCUT2D eigenvalue weighted by molar-refractivity contribution is -0.129. The minimum absolute atomic E-state index is 0.106. The fourth-order valence-electron chi connectivity index (χ4n) is 3.42. The van der Waals surface area contributed by atoms with Gasteiger partial charge in [-0.1, -0.05) is 32.0 Å². The molecule has 1 aromatic carbocycles. The minimum Gasteiger partial charge on any atom is -0.503 e. The Morgan fingerprint density at radius 2 is 1.89 bits per heavy atom. The van der Waals surface area contributed by atoms with Crippen molar-refractivity contribution in [3.8, 4) is 5.75 Å². The third-order valence-electron chi connectivity index (χ3n) is 4.63. The smallest absolute Gasteiger partial charge is 0.290 e. The molecule has 28 heavy (non-hydrogen) atoms. The number of para-hydroxylation sites is 1. The molecule has 0 saturated carbocycles. The second-order valence-electron chi connectivity index (χ2n) is 7.70. The van der Waals surface area contributed by atoms with E-state index in [1.165, 1.54) is 0 Å². The summed E-state index contributed by atoms with van der Waals surface area (Å²) in [6.07, 6.45) is 0.978. The maximum Gasteiger partial charge on any atom is 0.290 e. The predicted molar refractivity (Wildman–Crippen MR) is 107 cm³/mol. The van der Waals surface area contributed by atoms with E-state index in [-0.39, 0.29) is 29.8 Å². The molecule has 0 fully saturated rings. The van der Waals surface area contributed by atoms with Crippen LogP contribution in [-0.2, 0) is 14.3 Å². The van der Waals surface area contributed by atoms with Crippen molar-refractivity contribution in [3.63, 3.8) is 0 Å². The molecule has 0 aliphatic carbocycles. The molecule has 0 radical (unpaired) electrons. The zero-order valence-corrected chi connectivity index (χ0v) is 17.4. The van der Waals surface area contributed by atoms with Gasteiger partial charge in [0.25, 0.3) is 5.91 Å². The molecule has 1 heterocycles. The Morgan fingerprint density at radius 3 is 2.50 bits per heavy atom. The molecule has 1 aromatic rings. The molecule has 0 saturated heterocycles. The Kier molecular flexibility index (Phi) is 7.63. The monoisotopic (exact) mass is 389 g/mol. The van der Waals surface area contributed by atoms with Crippen molar-refractivity contribution in [1.29, 1.82) is 0 Å². The summed E-state index contributed by atoms with van der Waals surface area (Å²) in [7, 11) is 1.55. The summed E-state index contributed by atoms with van der Waals surface area (Å²) in [6.45, 7) is 8.65. The van der Waals surface area contributed by atoms with Gasteiger partial charge in [-0.3, -0.25) is 9.59 Å². The highest BCUT2D eigenvalue weighted by Gasteiger charge is 2.44. The first-order chi connectivity index (χ1) is 13.3. The zero-order chi connectivity index (χ0) is 20.8. The number of carbonyl (C=O) groups excluding carboxylic acids is 2. The van der Waals surface area contributed by atoms with Crippen LogP contribution in [0.4, 0.5) is 0 Å². The molecule has 6 heteroatoms. The third kappa shape index (κ3) is 4.93. The first-order valence-electron chi connectivity index (χ1n) is 9.79. The first kappa shape index (κ1) is 22.0. The van der Waals surface area contributed by atoms with E-state index in [1.54, 1.807) is 18.1 Å². The number of rotatable bonds is 10. The standard InChI is InChI=1S/C22H31NO5/c1-14(2)13-17(24)19-20(16-9-6-7-10-18(16)27-5)23(22(26)21(19)25)11-8-12-28-15(3)4/h6-7,9-10,14-15,20,25H,8,11-13H2,1-5H3. The number of amides is 1. The highest BCUT2D eigenvalue weighted by atomic mass is 16.5. The average Bonchev–Trinajstić information content (AvgIpc) is 2.89. The van der Waals surface area contributed by atoms with Gasteiger partial charge in [0.1, 0.15) is 5.75 Å². The van der Waals surface area contributed by atoms with Gasteiger partial charge in [0.05, 0.1) is 24.8 Å². The summed E-state index contributed by atoms with van der Waals surface area (Å²) in [5, 5.41) is 10.5. The number of aliphatic hydroxyl groups excluding tert-OH is 1. The second-order valence-corrected chi connectivity index (χ2v) is 7.70. The molecule has 1 unspecified atom stereocenters. The number of hydrogen-bond acceptors (Lipinski definition) is 5. The molecule has 1 aliphatic heterocycles. The molecule has 6 nitrogen and oxygen atoms in total. The van der Waals surface area contributed by atoms with E-state index in [9.17, 15) is 14.7 Å². The van der Waals surface area contributed by atoms with Crippen molar-refractivity contribution in [3.05, 3.63) is 41.2 Å². The lowest BCUT2D eigenvalue weighted by atomic mass is 9.91. The molecule has 0 bridgehead atoms. The molecule has 0 aromatic heterocycles. The molecular formula is C22H31NO5. The van der Waals surface area contributed by atoms with Crippen LogP contribution in [0.5, 0.6) is 5.75 Å². The maximum absolute atomic E-state index is 12.9. The van der Waals surface area contributed by atoms with Crippen LogP contribution in [0, 0.1) is 5.92 Å². The van der Waals surface area contributed by atoms with E-state index in [0.29, 0.717) is 30.9 Å². The minimum atomic E-state index is -0.658. The summed E-state index contributed by atoms with van der Waals surface area (Å²) in [5.41, 5.74) is 0.854. The van der Waals surface area contributed by atoms with Crippen LogP contribution in [0.15, 0.2) is 35.6 Å². The second kappa shape index (κ2) is 9.73. The molecule has 0 spiro atoms. The van der Waals surface area contributed by atoms with Crippen LogP contribution in [-0.4, -0.2) is 48.1 Å². The van der Waals surface area contributed by atoms with Crippen molar-refractivity contribution in [2.45, 2.75) is 52.7 Å². The molecule has 1 amide bonds. The third-order valence-corrected chi connectivity index (χ3v) is 4.63. The predicted octanol–water partition coefficient (Wildman–Crippen LogP) is 3.82. The molecule has 1 aliphatic rings. The van der Waals surface area contributed by atoms with Gasteiger partial charge >= 0.3 is 0 Å². The zero-order valence-electron chi connectivity index (χ0n) is 17.4. The van der Waals surface area contributed by atoms with E-state index < -0.39 is 17.7 Å². The van der Waals surface area contributed by atoms with E-state index in [2.05, 4.69) is 0 Å². The van der Waals surface area contributed by atoms with Crippen LogP contribution in [0.3, 0.4) is 0 Å². The van der Waals surface area contributed by atoms with Crippen LogP contribution in [0.25, 0.3) is 0 Å². The van der Waals surface area contributed by atoms with Crippen LogP contribution < -0.4 is 4.74 Å². The Labute approximate surface area is 167 Å². The Bertz CT molecular complexity index is 738. The van der Waals surface area contributed by atoms with Gasteiger partial charge in [-0.2, -0.15) is 0 Å². The average molecular weight is 389 g/mol. The van der Waals surface area contributed by atoms with Crippen molar-refractivity contribution < 1.29 is 24.2 Å².